The molecule has 7 aromatic rings. The maximum Gasteiger partial charge on any atom is 0.0541 e. The molecule has 0 radical (unpaired) electrons. The van der Waals surface area contributed by atoms with Gasteiger partial charge in [0.2, 0.25) is 0 Å². The lowest BCUT2D eigenvalue weighted by molar-refractivity contribution is 0.508. The molecule has 0 aliphatic heterocycles. The number of para-hydroxylation sites is 4. The van der Waals surface area contributed by atoms with Gasteiger partial charge in [-0.05, 0) is 42.5 Å². The Labute approximate surface area is 222 Å². The van der Waals surface area contributed by atoms with Gasteiger partial charge < -0.3 is 14.9 Å². The molecule has 0 saturated carbocycles. The largest absolute Gasteiger partial charge is 0.671 e. The lowest BCUT2D eigenvalue weighted by Gasteiger charge is -2.29. The number of fused-ring (bicyclic) bond motifs is 6. The van der Waals surface area contributed by atoms with Crippen LogP contribution in [0.5, 0.6) is 0 Å². The molecule has 2 unspecified atom stereocenters. The molecule has 1 N–H and O–H groups in total. The van der Waals surface area contributed by atoms with Gasteiger partial charge in [-0.2, -0.15) is 0 Å². The van der Waals surface area contributed by atoms with Crippen LogP contribution < -0.4 is 0 Å². The van der Waals surface area contributed by atoms with Crippen LogP contribution in [0.1, 0.15) is 31.9 Å². The van der Waals surface area contributed by atoms with Gasteiger partial charge in [0.05, 0.1) is 22.1 Å². The van der Waals surface area contributed by atoms with Crippen molar-refractivity contribution in [3.8, 4) is 11.4 Å². The molecule has 0 amide bonds. The van der Waals surface area contributed by atoms with Gasteiger partial charge in [-0.1, -0.05) is 105 Å². The number of hydrogen-bond acceptors (Lipinski definition) is 0. The Bertz CT molecular complexity index is 1720. The summed E-state index contributed by atoms with van der Waals surface area (Å²) in [6.45, 7) is 4.36. The Kier molecular flexibility index (Phi) is 5.34. The van der Waals surface area contributed by atoms with E-state index < -0.39 is 0 Å². The molecule has 0 fully saturated rings. The van der Waals surface area contributed by atoms with Gasteiger partial charge in [-0.15, -0.1) is 6.04 Å². The second-order valence-electron chi connectivity index (χ2n) is 10.4. The average Bonchev–Trinajstić information content (AvgIpc) is 3.49. The SMILES string of the molecule is CCC(C)C([NH-])c1cc(-n2c3ccccc3c3ccccc32)cc(-n2c3ccccc3c3ccccc32)c1. The first-order valence-electron chi connectivity index (χ1n) is 13.5. The fraction of sp³-hybridized carbons (Fsp3) is 0.143. The van der Waals surface area contributed by atoms with Crippen molar-refractivity contribution in [1.82, 2.24) is 9.13 Å². The Morgan fingerprint density at radius 2 is 0.895 bits per heavy atom. The topological polar surface area (TPSA) is 33.7 Å². The predicted molar refractivity (Wildman–Crippen MR) is 162 cm³/mol. The summed E-state index contributed by atoms with van der Waals surface area (Å²) in [5.74, 6) is 0.259. The lowest BCUT2D eigenvalue weighted by atomic mass is 9.92. The first-order chi connectivity index (χ1) is 18.7. The Balaban J connectivity index is 1.59. The van der Waals surface area contributed by atoms with E-state index >= 15 is 0 Å². The highest BCUT2D eigenvalue weighted by Gasteiger charge is 2.18. The third-order valence-electron chi connectivity index (χ3n) is 8.17. The molecule has 186 valence electrons. The first kappa shape index (κ1) is 22.8. The molecule has 0 saturated heterocycles. The highest BCUT2D eigenvalue weighted by molar-refractivity contribution is 6.10. The van der Waals surface area contributed by atoms with Crippen molar-refractivity contribution < 1.29 is 0 Å². The number of hydrogen-bond donors (Lipinski definition) is 0. The molecule has 2 aromatic heterocycles. The lowest BCUT2D eigenvalue weighted by Crippen LogP contribution is -2.07. The quantitative estimate of drug-likeness (QED) is 0.229. The number of nitrogens with one attached hydrogen (secondary N) is 1. The number of aromatic nitrogens is 2. The van der Waals surface area contributed by atoms with Crippen LogP contribution in [0.25, 0.3) is 60.7 Å². The van der Waals surface area contributed by atoms with Crippen molar-refractivity contribution in [3.05, 3.63) is 127 Å². The van der Waals surface area contributed by atoms with E-state index in [0.717, 1.165) is 23.4 Å². The summed E-state index contributed by atoms with van der Waals surface area (Å²) < 4.78 is 4.74. The van der Waals surface area contributed by atoms with E-state index in [9.17, 15) is 5.73 Å². The summed E-state index contributed by atoms with van der Waals surface area (Å²) in [4.78, 5) is 0. The molecule has 7 rings (SSSR count). The standard InChI is InChI=1S/C35H30N3/c1-3-23(2)35(36)24-20-25(37-31-16-8-4-12-27(31)28-13-5-9-17-32(28)37)22-26(21-24)38-33-18-10-6-14-29(33)30-15-7-11-19-34(30)38/h4-23,35-36H,3H2,1-2H3/q-1. The third-order valence-corrected chi connectivity index (χ3v) is 8.17. The fourth-order valence-corrected chi connectivity index (χ4v) is 6.02. The average molecular weight is 493 g/mol. The number of rotatable bonds is 5. The molecular weight excluding hydrogens is 462 g/mol. The van der Waals surface area contributed by atoms with Gasteiger partial charge in [0, 0.05) is 32.9 Å². The smallest absolute Gasteiger partial charge is 0.0541 e. The van der Waals surface area contributed by atoms with Crippen LogP contribution >= 0.6 is 0 Å². The van der Waals surface area contributed by atoms with Crippen molar-refractivity contribution in [3.63, 3.8) is 0 Å². The molecule has 0 aliphatic carbocycles. The van der Waals surface area contributed by atoms with Crippen LogP contribution in [-0.4, -0.2) is 9.13 Å². The van der Waals surface area contributed by atoms with Crippen LogP contribution in [0, 0.1) is 5.92 Å². The predicted octanol–water partition coefficient (Wildman–Crippen LogP) is 10.0. The van der Waals surface area contributed by atoms with Crippen LogP contribution in [0.2, 0.25) is 0 Å². The summed E-state index contributed by atoms with van der Waals surface area (Å²) >= 11 is 0. The minimum absolute atomic E-state index is 0.259. The molecule has 3 nitrogen and oxygen atoms in total. The van der Waals surface area contributed by atoms with Crippen LogP contribution in [0.15, 0.2) is 115 Å². The van der Waals surface area contributed by atoms with E-state index in [2.05, 4.69) is 138 Å². The summed E-state index contributed by atoms with van der Waals surface area (Å²) in [5.41, 5.74) is 17.2. The number of benzene rings is 5. The summed E-state index contributed by atoms with van der Waals surface area (Å²) in [6.07, 6.45) is 0.971. The van der Waals surface area contributed by atoms with E-state index in [1.54, 1.807) is 0 Å². The Morgan fingerprint density at radius 1 is 0.553 bits per heavy atom. The second kappa shape index (κ2) is 8.90. The van der Waals surface area contributed by atoms with Gasteiger partial charge in [0.25, 0.3) is 0 Å². The fourth-order valence-electron chi connectivity index (χ4n) is 6.02. The maximum absolute atomic E-state index is 9.20. The molecule has 0 spiro atoms. The van der Waals surface area contributed by atoms with E-state index in [4.69, 9.17) is 0 Å². The molecule has 38 heavy (non-hydrogen) atoms. The van der Waals surface area contributed by atoms with Gasteiger partial charge in [-0.25, -0.2) is 0 Å². The highest BCUT2D eigenvalue weighted by atomic mass is 15.0. The Hall–Kier alpha value is -4.34. The molecule has 5 aromatic carbocycles. The minimum Gasteiger partial charge on any atom is -0.671 e. The summed E-state index contributed by atoms with van der Waals surface area (Å²) in [6, 6.07) is 41.0. The normalized spacial score (nSPS) is 13.6. The van der Waals surface area contributed by atoms with Crippen molar-refractivity contribution in [1.29, 1.82) is 0 Å². The zero-order valence-corrected chi connectivity index (χ0v) is 21.7. The summed E-state index contributed by atoms with van der Waals surface area (Å²) in [7, 11) is 0. The molecule has 3 heteroatoms. The van der Waals surface area contributed by atoms with Crippen molar-refractivity contribution in [2.45, 2.75) is 26.3 Å². The zero-order valence-electron chi connectivity index (χ0n) is 21.7. The first-order valence-corrected chi connectivity index (χ1v) is 13.5. The van der Waals surface area contributed by atoms with Gasteiger partial charge in [0.15, 0.2) is 0 Å². The second-order valence-corrected chi connectivity index (χ2v) is 10.4. The van der Waals surface area contributed by atoms with Crippen LogP contribution in [0.4, 0.5) is 0 Å². The molecule has 0 aliphatic rings. The van der Waals surface area contributed by atoms with Crippen LogP contribution in [-0.2, 0) is 0 Å². The van der Waals surface area contributed by atoms with E-state index in [1.807, 2.05) is 0 Å². The Morgan fingerprint density at radius 3 is 1.24 bits per heavy atom. The maximum atomic E-state index is 9.20. The van der Waals surface area contributed by atoms with Crippen molar-refractivity contribution in [2.24, 2.45) is 5.92 Å². The van der Waals surface area contributed by atoms with E-state index in [1.165, 1.54) is 43.6 Å². The molecule has 0 bridgehead atoms. The van der Waals surface area contributed by atoms with Crippen molar-refractivity contribution in [2.75, 3.05) is 0 Å². The zero-order chi connectivity index (χ0) is 25.8. The third kappa shape index (κ3) is 3.39. The van der Waals surface area contributed by atoms with Gasteiger partial charge in [0.1, 0.15) is 0 Å². The molecule has 2 heterocycles. The molecule has 2 atom stereocenters. The van der Waals surface area contributed by atoms with E-state index in [-0.39, 0.29) is 12.0 Å². The monoisotopic (exact) mass is 492 g/mol. The molecular formula is C35H30N3-. The van der Waals surface area contributed by atoms with Crippen LogP contribution in [0.3, 0.4) is 0 Å². The van der Waals surface area contributed by atoms with E-state index in [0.29, 0.717) is 0 Å². The number of nitrogens with zero attached hydrogens (tertiary/aromatic N) is 2. The summed E-state index contributed by atoms with van der Waals surface area (Å²) in [5, 5.41) is 4.99. The van der Waals surface area contributed by atoms with Gasteiger partial charge >= 0.3 is 0 Å². The van der Waals surface area contributed by atoms with Gasteiger partial charge in [-0.3, -0.25) is 0 Å². The highest BCUT2D eigenvalue weighted by Crippen LogP contribution is 2.38. The van der Waals surface area contributed by atoms with Crippen molar-refractivity contribution >= 4 is 43.6 Å². The minimum atomic E-state index is -0.306.